The molecular formula is C15H17N5O3. The van der Waals surface area contributed by atoms with E-state index in [-0.39, 0.29) is 23.4 Å². The number of amides is 1. The number of aromatic nitrogens is 2. The third-order valence-corrected chi connectivity index (χ3v) is 4.03. The Hall–Kier alpha value is -2.74. The largest absolute Gasteiger partial charge is 0.326 e. The first-order valence-electron chi connectivity index (χ1n) is 7.29. The van der Waals surface area contributed by atoms with E-state index < -0.39 is 4.92 Å². The zero-order valence-corrected chi connectivity index (χ0v) is 12.6. The minimum Gasteiger partial charge on any atom is -0.326 e. The molecule has 1 aliphatic heterocycles. The zero-order chi connectivity index (χ0) is 16.4. The Morgan fingerprint density at radius 2 is 2.30 bits per heavy atom. The number of nitro groups is 1. The van der Waals surface area contributed by atoms with Gasteiger partial charge >= 0.3 is 0 Å². The number of nitrogens with one attached hydrogen (secondary N) is 2. The Morgan fingerprint density at radius 1 is 1.48 bits per heavy atom. The molecule has 3 rings (SSSR count). The molecule has 1 aliphatic rings. The second-order valence-corrected chi connectivity index (χ2v) is 5.62. The van der Waals surface area contributed by atoms with Gasteiger partial charge in [-0.3, -0.25) is 19.6 Å². The summed E-state index contributed by atoms with van der Waals surface area (Å²) in [6.45, 7) is 1.28. The Labute approximate surface area is 132 Å². The van der Waals surface area contributed by atoms with E-state index in [0.717, 1.165) is 5.56 Å². The zero-order valence-electron chi connectivity index (χ0n) is 12.6. The highest BCUT2D eigenvalue weighted by atomic mass is 16.6. The van der Waals surface area contributed by atoms with Crippen molar-refractivity contribution in [2.45, 2.75) is 5.92 Å². The van der Waals surface area contributed by atoms with Crippen LogP contribution >= 0.6 is 0 Å². The van der Waals surface area contributed by atoms with Crippen LogP contribution in [0.1, 0.15) is 11.5 Å². The van der Waals surface area contributed by atoms with Crippen LogP contribution in [-0.2, 0) is 11.8 Å². The highest BCUT2D eigenvalue weighted by molar-refractivity contribution is 5.93. The van der Waals surface area contributed by atoms with Crippen molar-refractivity contribution in [2.24, 2.45) is 13.0 Å². The predicted octanol–water partition coefficient (Wildman–Crippen LogP) is 1.27. The maximum atomic E-state index is 12.5. The van der Waals surface area contributed by atoms with Crippen LogP contribution in [0, 0.1) is 16.0 Å². The molecule has 0 saturated carbocycles. The summed E-state index contributed by atoms with van der Waals surface area (Å²) >= 11 is 0. The fraction of sp³-hybridized carbons (Fsp3) is 0.333. The van der Waals surface area contributed by atoms with Gasteiger partial charge in [0.25, 0.3) is 5.69 Å². The lowest BCUT2D eigenvalue weighted by molar-refractivity contribution is -0.384. The van der Waals surface area contributed by atoms with Crippen molar-refractivity contribution in [3.05, 3.63) is 52.3 Å². The lowest BCUT2D eigenvalue weighted by Crippen LogP contribution is -2.28. The van der Waals surface area contributed by atoms with Crippen LogP contribution in [0.2, 0.25) is 0 Å². The van der Waals surface area contributed by atoms with Crippen molar-refractivity contribution < 1.29 is 9.72 Å². The monoisotopic (exact) mass is 315 g/mol. The molecule has 0 unspecified atom stereocenters. The number of non-ortho nitro benzene ring substituents is 1. The summed E-state index contributed by atoms with van der Waals surface area (Å²) in [5, 5.41) is 21.0. The molecule has 8 heteroatoms. The van der Waals surface area contributed by atoms with Gasteiger partial charge in [0.15, 0.2) is 0 Å². The first-order valence-corrected chi connectivity index (χ1v) is 7.29. The topological polar surface area (TPSA) is 102 Å². The molecule has 1 aromatic heterocycles. The number of benzene rings is 1. The number of hydrogen-bond acceptors (Lipinski definition) is 5. The summed E-state index contributed by atoms with van der Waals surface area (Å²) in [6.07, 6.45) is 3.68. The molecule has 0 aliphatic carbocycles. The van der Waals surface area contributed by atoms with Crippen molar-refractivity contribution >= 4 is 17.3 Å². The normalized spacial score (nSPS) is 20.4. The molecule has 0 spiro atoms. The van der Waals surface area contributed by atoms with Crippen LogP contribution in [0.4, 0.5) is 11.4 Å². The molecule has 2 N–H and O–H groups in total. The summed E-state index contributed by atoms with van der Waals surface area (Å²) in [6, 6.07) is 5.95. The summed E-state index contributed by atoms with van der Waals surface area (Å²) < 4.78 is 1.71. The van der Waals surface area contributed by atoms with Gasteiger partial charge in [0.1, 0.15) is 0 Å². The van der Waals surface area contributed by atoms with E-state index >= 15 is 0 Å². The number of carbonyl (C=O) groups excluding carboxylic acids is 1. The van der Waals surface area contributed by atoms with E-state index in [0.29, 0.717) is 18.8 Å². The highest BCUT2D eigenvalue weighted by Gasteiger charge is 2.34. The minimum atomic E-state index is -0.481. The van der Waals surface area contributed by atoms with Gasteiger partial charge in [-0.05, 0) is 11.6 Å². The Kier molecular flexibility index (Phi) is 4.07. The number of aryl methyl sites for hydroxylation is 1. The predicted molar refractivity (Wildman–Crippen MR) is 84.0 cm³/mol. The molecule has 1 saturated heterocycles. The molecule has 1 fully saturated rings. The van der Waals surface area contributed by atoms with Crippen molar-refractivity contribution in [3.8, 4) is 0 Å². The van der Waals surface area contributed by atoms with Gasteiger partial charge in [-0.15, -0.1) is 0 Å². The van der Waals surface area contributed by atoms with Crippen LogP contribution in [-0.4, -0.2) is 33.7 Å². The number of anilines is 1. The fourth-order valence-corrected chi connectivity index (χ4v) is 2.87. The molecule has 0 radical (unpaired) electrons. The van der Waals surface area contributed by atoms with E-state index in [2.05, 4.69) is 15.7 Å². The molecule has 120 valence electrons. The Bertz CT molecular complexity index is 742. The SMILES string of the molecule is Cn1cc([C@H]2CNC[C@@H]2C(=O)Nc2cccc([N+](=O)[O-])c2)cn1. The van der Waals surface area contributed by atoms with Gasteiger partial charge in [0.05, 0.1) is 17.0 Å². The van der Waals surface area contributed by atoms with Crippen molar-refractivity contribution in [3.63, 3.8) is 0 Å². The van der Waals surface area contributed by atoms with E-state index in [9.17, 15) is 14.9 Å². The summed E-state index contributed by atoms with van der Waals surface area (Å²) in [7, 11) is 1.84. The first kappa shape index (κ1) is 15.2. The van der Waals surface area contributed by atoms with Crippen LogP contribution in [0.15, 0.2) is 36.7 Å². The molecular weight excluding hydrogens is 298 g/mol. The molecule has 2 heterocycles. The molecule has 2 aromatic rings. The number of nitrogens with zero attached hydrogens (tertiary/aromatic N) is 3. The van der Waals surface area contributed by atoms with Crippen LogP contribution < -0.4 is 10.6 Å². The van der Waals surface area contributed by atoms with Gasteiger partial charge in [-0.2, -0.15) is 5.10 Å². The van der Waals surface area contributed by atoms with E-state index in [1.54, 1.807) is 23.0 Å². The van der Waals surface area contributed by atoms with Crippen molar-refractivity contribution in [2.75, 3.05) is 18.4 Å². The minimum absolute atomic E-state index is 0.0439. The van der Waals surface area contributed by atoms with Gasteiger partial charge in [0.2, 0.25) is 5.91 Å². The summed E-state index contributed by atoms with van der Waals surface area (Å²) in [5.74, 6) is -0.342. The van der Waals surface area contributed by atoms with Crippen LogP contribution in [0.5, 0.6) is 0 Å². The molecule has 23 heavy (non-hydrogen) atoms. The standard InChI is InChI=1S/C15H17N5O3/c1-19-9-10(6-17-19)13-7-16-8-14(13)15(21)18-11-3-2-4-12(5-11)20(22)23/h2-6,9,13-14,16H,7-8H2,1H3,(H,18,21)/t13-,14+/m1/s1. The second-order valence-electron chi connectivity index (χ2n) is 5.62. The van der Waals surface area contributed by atoms with Crippen LogP contribution in [0.25, 0.3) is 0 Å². The summed E-state index contributed by atoms with van der Waals surface area (Å²) in [5.41, 5.74) is 1.40. The molecule has 2 atom stereocenters. The third kappa shape index (κ3) is 3.21. The highest BCUT2D eigenvalue weighted by Crippen LogP contribution is 2.29. The van der Waals surface area contributed by atoms with E-state index in [1.165, 1.54) is 12.1 Å². The number of nitro benzene ring substituents is 1. The van der Waals surface area contributed by atoms with Gasteiger partial charge in [-0.1, -0.05) is 6.07 Å². The van der Waals surface area contributed by atoms with Crippen LogP contribution in [0.3, 0.4) is 0 Å². The molecule has 8 nitrogen and oxygen atoms in total. The Balaban J connectivity index is 1.74. The third-order valence-electron chi connectivity index (χ3n) is 4.03. The summed E-state index contributed by atoms with van der Waals surface area (Å²) in [4.78, 5) is 22.9. The maximum absolute atomic E-state index is 12.5. The molecule has 0 bridgehead atoms. The average molecular weight is 315 g/mol. The molecule has 1 aromatic carbocycles. The lowest BCUT2D eigenvalue weighted by atomic mass is 9.90. The average Bonchev–Trinajstić information content (AvgIpc) is 3.15. The smallest absolute Gasteiger partial charge is 0.271 e. The number of carbonyl (C=O) groups is 1. The van der Waals surface area contributed by atoms with E-state index in [4.69, 9.17) is 0 Å². The Morgan fingerprint density at radius 3 is 3.00 bits per heavy atom. The van der Waals surface area contributed by atoms with Gasteiger partial charge < -0.3 is 10.6 Å². The quantitative estimate of drug-likeness (QED) is 0.653. The molecule has 1 amide bonds. The van der Waals surface area contributed by atoms with Gasteiger partial charge in [0, 0.05) is 50.1 Å². The maximum Gasteiger partial charge on any atom is 0.271 e. The van der Waals surface area contributed by atoms with Crippen molar-refractivity contribution in [1.82, 2.24) is 15.1 Å². The second kappa shape index (κ2) is 6.17. The lowest BCUT2D eigenvalue weighted by Gasteiger charge is -2.17. The first-order chi connectivity index (χ1) is 11.0. The van der Waals surface area contributed by atoms with Crippen molar-refractivity contribution in [1.29, 1.82) is 0 Å². The van der Waals surface area contributed by atoms with Gasteiger partial charge in [-0.25, -0.2) is 0 Å². The van der Waals surface area contributed by atoms with E-state index in [1.807, 2.05) is 13.2 Å². The number of rotatable bonds is 4. The number of hydrogen-bond donors (Lipinski definition) is 2. The fourth-order valence-electron chi connectivity index (χ4n) is 2.87.